The van der Waals surface area contributed by atoms with Crippen molar-refractivity contribution >= 4 is 5.69 Å². The molecule has 6 nitrogen and oxygen atoms in total. The summed E-state index contributed by atoms with van der Waals surface area (Å²) >= 11 is 0. The van der Waals surface area contributed by atoms with Crippen LogP contribution >= 0.6 is 0 Å². The van der Waals surface area contributed by atoms with E-state index in [0.29, 0.717) is 18.7 Å². The van der Waals surface area contributed by atoms with Crippen molar-refractivity contribution in [2.24, 2.45) is 0 Å². The zero-order valence-electron chi connectivity index (χ0n) is 7.87. The molecule has 1 saturated carbocycles. The van der Waals surface area contributed by atoms with Crippen LogP contribution < -0.4 is 4.74 Å². The topological polar surface area (TPSA) is 85.5 Å². The number of hydrogen-bond acceptors (Lipinski definition) is 5. The minimum atomic E-state index is -0.510. The van der Waals surface area contributed by atoms with Crippen molar-refractivity contribution in [2.75, 3.05) is 0 Å². The summed E-state index contributed by atoms with van der Waals surface area (Å²) in [6.45, 7) is 0. The van der Waals surface area contributed by atoms with Crippen LogP contribution in [0.25, 0.3) is 0 Å². The van der Waals surface area contributed by atoms with E-state index in [4.69, 9.17) is 9.84 Å². The van der Waals surface area contributed by atoms with Crippen molar-refractivity contribution in [3.63, 3.8) is 0 Å². The molecule has 1 aromatic heterocycles. The Morgan fingerprint density at radius 2 is 2.27 bits per heavy atom. The molecular formula is C9H10N2O4. The van der Waals surface area contributed by atoms with Crippen molar-refractivity contribution in [2.45, 2.75) is 25.0 Å². The van der Waals surface area contributed by atoms with Crippen LogP contribution in [-0.2, 0) is 0 Å². The quantitative estimate of drug-likeness (QED) is 0.591. The van der Waals surface area contributed by atoms with Crippen LogP contribution in [0.4, 0.5) is 5.69 Å². The average molecular weight is 210 g/mol. The van der Waals surface area contributed by atoms with Crippen LogP contribution in [0, 0.1) is 10.1 Å². The standard InChI is InChI=1S/C9H10N2O4/c12-7-3-8(4-7)15-9-2-1-6(5-10-9)11(13)14/h1-2,5,7-8,12H,3-4H2/t7-,8+. The van der Waals surface area contributed by atoms with Gasteiger partial charge in [-0.25, -0.2) is 4.98 Å². The van der Waals surface area contributed by atoms with Crippen LogP contribution in [0.5, 0.6) is 5.88 Å². The van der Waals surface area contributed by atoms with Crippen LogP contribution in [-0.4, -0.2) is 27.2 Å². The lowest BCUT2D eigenvalue weighted by atomic mass is 9.92. The SMILES string of the molecule is O=[N+]([O-])c1ccc(O[C@H]2C[C@@H](O)C2)nc1. The summed E-state index contributed by atoms with van der Waals surface area (Å²) in [6.07, 6.45) is 2.05. The van der Waals surface area contributed by atoms with Crippen molar-refractivity contribution in [1.82, 2.24) is 4.98 Å². The third-order valence-electron chi connectivity index (χ3n) is 2.29. The number of aliphatic hydroxyl groups is 1. The molecule has 0 bridgehead atoms. The van der Waals surface area contributed by atoms with E-state index in [0.717, 1.165) is 6.20 Å². The van der Waals surface area contributed by atoms with Gasteiger partial charge in [0.2, 0.25) is 5.88 Å². The van der Waals surface area contributed by atoms with Crippen molar-refractivity contribution in [1.29, 1.82) is 0 Å². The Kier molecular flexibility index (Phi) is 2.51. The fourth-order valence-electron chi connectivity index (χ4n) is 1.36. The molecule has 1 fully saturated rings. The minimum absolute atomic E-state index is 0.0195. The summed E-state index contributed by atoms with van der Waals surface area (Å²) in [5.41, 5.74) is -0.0593. The van der Waals surface area contributed by atoms with Crippen LogP contribution in [0.15, 0.2) is 18.3 Å². The highest BCUT2D eigenvalue weighted by atomic mass is 16.6. The maximum atomic E-state index is 10.3. The van der Waals surface area contributed by atoms with Gasteiger partial charge < -0.3 is 9.84 Å². The highest BCUT2D eigenvalue weighted by Gasteiger charge is 2.29. The van der Waals surface area contributed by atoms with Crippen LogP contribution in [0.2, 0.25) is 0 Å². The molecule has 2 rings (SSSR count). The Morgan fingerprint density at radius 3 is 2.73 bits per heavy atom. The highest BCUT2D eigenvalue weighted by Crippen LogP contribution is 2.25. The van der Waals surface area contributed by atoms with E-state index in [1.54, 1.807) is 0 Å². The van der Waals surface area contributed by atoms with E-state index in [-0.39, 0.29) is 17.9 Å². The number of nitrogens with zero attached hydrogens (tertiary/aromatic N) is 2. The van der Waals surface area contributed by atoms with Crippen LogP contribution in [0.1, 0.15) is 12.8 Å². The summed E-state index contributed by atoms with van der Waals surface area (Å²) in [7, 11) is 0. The zero-order chi connectivity index (χ0) is 10.8. The lowest BCUT2D eigenvalue weighted by Crippen LogP contribution is -2.37. The molecule has 0 amide bonds. The lowest BCUT2D eigenvalue weighted by Gasteiger charge is -2.30. The van der Waals surface area contributed by atoms with E-state index < -0.39 is 4.92 Å². The molecule has 80 valence electrons. The van der Waals surface area contributed by atoms with E-state index in [1.807, 2.05) is 0 Å². The monoisotopic (exact) mass is 210 g/mol. The third kappa shape index (κ3) is 2.21. The number of rotatable bonds is 3. The van der Waals surface area contributed by atoms with E-state index in [2.05, 4.69) is 4.98 Å². The predicted molar refractivity (Wildman–Crippen MR) is 50.5 cm³/mol. The number of nitro groups is 1. The summed E-state index contributed by atoms with van der Waals surface area (Å²) < 4.78 is 5.36. The predicted octanol–water partition coefficient (Wildman–Crippen LogP) is 0.892. The smallest absolute Gasteiger partial charge is 0.287 e. The fourth-order valence-corrected chi connectivity index (χ4v) is 1.36. The van der Waals surface area contributed by atoms with Gasteiger partial charge in [0, 0.05) is 25.0 Å². The molecule has 1 aromatic rings. The maximum absolute atomic E-state index is 10.3. The molecule has 0 atom stereocenters. The summed E-state index contributed by atoms with van der Waals surface area (Å²) in [5, 5.41) is 19.4. The first-order valence-electron chi connectivity index (χ1n) is 4.60. The molecule has 0 unspecified atom stereocenters. The van der Waals surface area contributed by atoms with Gasteiger partial charge in [-0.2, -0.15) is 0 Å². The molecule has 0 aromatic carbocycles. The average Bonchev–Trinajstić information content (AvgIpc) is 2.16. The van der Waals surface area contributed by atoms with Crippen molar-refractivity contribution in [3.8, 4) is 5.88 Å². The van der Waals surface area contributed by atoms with E-state index >= 15 is 0 Å². The third-order valence-corrected chi connectivity index (χ3v) is 2.29. The Morgan fingerprint density at radius 1 is 1.53 bits per heavy atom. The number of aromatic nitrogens is 1. The largest absolute Gasteiger partial charge is 0.474 e. The zero-order valence-corrected chi connectivity index (χ0v) is 7.87. The maximum Gasteiger partial charge on any atom is 0.287 e. The fraction of sp³-hybridized carbons (Fsp3) is 0.444. The number of ether oxygens (including phenoxy) is 1. The van der Waals surface area contributed by atoms with Crippen LogP contribution in [0.3, 0.4) is 0 Å². The van der Waals surface area contributed by atoms with E-state index in [1.165, 1.54) is 12.1 Å². The molecule has 1 heterocycles. The first-order chi connectivity index (χ1) is 7.15. The molecule has 0 aliphatic heterocycles. The summed E-state index contributed by atoms with van der Waals surface area (Å²) in [4.78, 5) is 13.6. The second-order valence-electron chi connectivity index (χ2n) is 3.48. The van der Waals surface area contributed by atoms with Crippen molar-refractivity contribution in [3.05, 3.63) is 28.4 Å². The molecule has 6 heteroatoms. The lowest BCUT2D eigenvalue weighted by molar-refractivity contribution is -0.385. The molecular weight excluding hydrogens is 200 g/mol. The Balaban J connectivity index is 1.95. The number of hydrogen-bond donors (Lipinski definition) is 1. The molecule has 0 spiro atoms. The van der Waals surface area contributed by atoms with Gasteiger partial charge in [-0.1, -0.05) is 0 Å². The van der Waals surface area contributed by atoms with E-state index in [9.17, 15) is 10.1 Å². The van der Waals surface area contributed by atoms with Gasteiger partial charge in [0.15, 0.2) is 0 Å². The Hall–Kier alpha value is -1.69. The first-order valence-corrected chi connectivity index (χ1v) is 4.60. The van der Waals surface area contributed by atoms with Gasteiger partial charge in [0.25, 0.3) is 5.69 Å². The number of pyridine rings is 1. The van der Waals surface area contributed by atoms with Gasteiger partial charge in [0.1, 0.15) is 12.3 Å². The molecule has 0 radical (unpaired) electrons. The van der Waals surface area contributed by atoms with Gasteiger partial charge >= 0.3 is 0 Å². The normalized spacial score (nSPS) is 24.3. The second kappa shape index (κ2) is 3.82. The summed E-state index contributed by atoms with van der Waals surface area (Å²) in [6, 6.07) is 2.81. The Labute approximate surface area is 85.7 Å². The highest BCUT2D eigenvalue weighted by molar-refractivity contribution is 5.29. The number of aliphatic hydroxyl groups excluding tert-OH is 1. The van der Waals surface area contributed by atoms with Gasteiger partial charge in [-0.05, 0) is 0 Å². The van der Waals surface area contributed by atoms with Gasteiger partial charge in [-0.15, -0.1) is 0 Å². The second-order valence-corrected chi connectivity index (χ2v) is 3.48. The molecule has 1 aliphatic carbocycles. The van der Waals surface area contributed by atoms with Gasteiger partial charge in [-0.3, -0.25) is 10.1 Å². The first kappa shape index (κ1) is 9.85. The molecule has 0 saturated heterocycles. The van der Waals surface area contributed by atoms with Gasteiger partial charge in [0.05, 0.1) is 11.0 Å². The van der Waals surface area contributed by atoms with Crippen molar-refractivity contribution < 1.29 is 14.8 Å². The Bertz CT molecular complexity index is 359. The summed E-state index contributed by atoms with van der Waals surface area (Å²) in [5.74, 6) is 0.359. The molecule has 1 aliphatic rings. The molecule has 15 heavy (non-hydrogen) atoms. The minimum Gasteiger partial charge on any atom is -0.474 e. The molecule has 1 N–H and O–H groups in total.